The van der Waals surface area contributed by atoms with Crippen LogP contribution in [0, 0.1) is 5.92 Å². The molecule has 3 N–H and O–H groups in total. The lowest BCUT2D eigenvalue weighted by atomic mass is 9.98. The minimum atomic E-state index is -0.753. The summed E-state index contributed by atoms with van der Waals surface area (Å²) in [6, 6.07) is 19.0. The summed E-state index contributed by atoms with van der Waals surface area (Å²) in [6.45, 7) is 3.97. The van der Waals surface area contributed by atoms with Gasteiger partial charge in [-0.05, 0) is 47.2 Å². The van der Waals surface area contributed by atoms with Crippen LogP contribution in [0.25, 0.3) is 0 Å². The standard InChI is InChI=1S/C25H27N3O4S/c1-3-17(2)22(28-25(31)32-16-18-8-5-4-6-9-18)24(30)27-20-13-11-19(12-14-20)26-23(29)21-10-7-15-33-21/h4-15,17,22H,3,16H2,1-2H3,(H,26,29)(H,27,30)(H,28,31)/t17-,22-/m0/s1. The van der Waals surface area contributed by atoms with Crippen molar-refractivity contribution in [3.05, 3.63) is 82.6 Å². The van der Waals surface area contributed by atoms with Gasteiger partial charge < -0.3 is 20.7 Å². The molecule has 3 aromatic rings. The van der Waals surface area contributed by atoms with Crippen LogP contribution in [0.15, 0.2) is 72.1 Å². The summed E-state index contributed by atoms with van der Waals surface area (Å²) < 4.78 is 5.27. The van der Waals surface area contributed by atoms with Gasteiger partial charge in [-0.15, -0.1) is 11.3 Å². The smallest absolute Gasteiger partial charge is 0.408 e. The van der Waals surface area contributed by atoms with Gasteiger partial charge in [-0.2, -0.15) is 0 Å². The van der Waals surface area contributed by atoms with Crippen molar-refractivity contribution < 1.29 is 19.1 Å². The van der Waals surface area contributed by atoms with Gasteiger partial charge in [0.25, 0.3) is 5.91 Å². The minimum Gasteiger partial charge on any atom is -0.445 e. The molecule has 3 rings (SSSR count). The number of hydrogen-bond donors (Lipinski definition) is 3. The van der Waals surface area contributed by atoms with Crippen molar-refractivity contribution in [2.24, 2.45) is 5.92 Å². The second kappa shape index (κ2) is 11.8. The van der Waals surface area contributed by atoms with Gasteiger partial charge in [0.05, 0.1) is 4.88 Å². The largest absolute Gasteiger partial charge is 0.445 e. The van der Waals surface area contributed by atoms with Crippen molar-refractivity contribution in [1.82, 2.24) is 5.32 Å². The second-order valence-corrected chi connectivity index (χ2v) is 8.51. The van der Waals surface area contributed by atoms with Crippen molar-refractivity contribution in [3.8, 4) is 0 Å². The fraction of sp³-hybridized carbons (Fsp3) is 0.240. The van der Waals surface area contributed by atoms with E-state index in [0.29, 0.717) is 22.7 Å². The Labute approximate surface area is 197 Å². The fourth-order valence-electron chi connectivity index (χ4n) is 3.05. The highest BCUT2D eigenvalue weighted by Crippen LogP contribution is 2.18. The van der Waals surface area contributed by atoms with Gasteiger partial charge in [-0.25, -0.2) is 4.79 Å². The van der Waals surface area contributed by atoms with E-state index in [0.717, 1.165) is 5.56 Å². The van der Waals surface area contributed by atoms with Crippen molar-refractivity contribution in [1.29, 1.82) is 0 Å². The summed E-state index contributed by atoms with van der Waals surface area (Å²) in [5.74, 6) is -0.619. The quantitative estimate of drug-likeness (QED) is 0.401. The lowest BCUT2D eigenvalue weighted by Crippen LogP contribution is -2.47. The summed E-state index contributed by atoms with van der Waals surface area (Å²) in [6.07, 6.45) is 0.0519. The third-order valence-corrected chi connectivity index (χ3v) is 6.01. The first-order valence-corrected chi connectivity index (χ1v) is 11.6. The second-order valence-electron chi connectivity index (χ2n) is 7.57. The number of benzene rings is 2. The van der Waals surface area contributed by atoms with Crippen LogP contribution in [0.3, 0.4) is 0 Å². The summed E-state index contributed by atoms with van der Waals surface area (Å²) in [7, 11) is 0. The van der Waals surface area contributed by atoms with E-state index in [4.69, 9.17) is 4.74 Å². The van der Waals surface area contributed by atoms with E-state index in [1.165, 1.54) is 11.3 Å². The number of carbonyl (C=O) groups is 3. The SMILES string of the molecule is CC[C@H](C)[C@H](NC(=O)OCc1ccccc1)C(=O)Nc1ccc(NC(=O)c2cccs2)cc1. The molecule has 0 saturated heterocycles. The van der Waals surface area contributed by atoms with Crippen molar-refractivity contribution in [2.75, 3.05) is 10.6 Å². The van der Waals surface area contributed by atoms with Gasteiger partial charge in [0.2, 0.25) is 5.91 Å². The molecule has 0 aliphatic heterocycles. The number of hydrogen-bond acceptors (Lipinski definition) is 5. The maximum absolute atomic E-state index is 12.9. The lowest BCUT2D eigenvalue weighted by molar-refractivity contribution is -0.119. The van der Waals surface area contributed by atoms with Gasteiger partial charge in [0.1, 0.15) is 12.6 Å². The molecule has 0 aliphatic rings. The molecule has 0 aliphatic carbocycles. The first-order valence-electron chi connectivity index (χ1n) is 10.7. The number of nitrogens with one attached hydrogen (secondary N) is 3. The van der Waals surface area contributed by atoms with Gasteiger partial charge >= 0.3 is 6.09 Å². The molecule has 0 saturated carbocycles. The molecule has 0 spiro atoms. The molecule has 0 unspecified atom stereocenters. The number of rotatable bonds is 9. The van der Waals surface area contributed by atoms with E-state index in [-0.39, 0.29) is 24.3 Å². The molecule has 2 aromatic carbocycles. The van der Waals surface area contributed by atoms with Crippen LogP contribution < -0.4 is 16.0 Å². The predicted molar refractivity (Wildman–Crippen MR) is 130 cm³/mol. The monoisotopic (exact) mass is 465 g/mol. The van der Waals surface area contributed by atoms with Gasteiger partial charge in [0, 0.05) is 11.4 Å². The van der Waals surface area contributed by atoms with E-state index in [9.17, 15) is 14.4 Å². The van der Waals surface area contributed by atoms with Gasteiger partial charge in [-0.3, -0.25) is 9.59 Å². The van der Waals surface area contributed by atoms with E-state index >= 15 is 0 Å². The molecule has 172 valence electrons. The highest BCUT2D eigenvalue weighted by atomic mass is 32.1. The third-order valence-electron chi connectivity index (χ3n) is 5.14. The zero-order chi connectivity index (χ0) is 23.6. The zero-order valence-corrected chi connectivity index (χ0v) is 19.4. The Bertz CT molecular complexity index is 1050. The van der Waals surface area contributed by atoms with Gasteiger partial charge in [-0.1, -0.05) is 56.7 Å². The van der Waals surface area contributed by atoms with E-state index in [1.54, 1.807) is 30.3 Å². The maximum atomic E-state index is 12.9. The summed E-state index contributed by atoms with van der Waals surface area (Å²) >= 11 is 1.36. The highest BCUT2D eigenvalue weighted by molar-refractivity contribution is 7.12. The minimum absolute atomic E-state index is 0.0985. The lowest BCUT2D eigenvalue weighted by Gasteiger charge is -2.23. The molecule has 3 amide bonds. The van der Waals surface area contributed by atoms with Crippen LogP contribution in [0.1, 0.15) is 35.5 Å². The Hall–Kier alpha value is -3.65. The summed E-state index contributed by atoms with van der Waals surface area (Å²) in [4.78, 5) is 38.0. The summed E-state index contributed by atoms with van der Waals surface area (Å²) in [5.41, 5.74) is 2.04. The van der Waals surface area contributed by atoms with Crippen molar-refractivity contribution in [2.45, 2.75) is 32.9 Å². The molecular formula is C25H27N3O4S. The third kappa shape index (κ3) is 7.18. The Balaban J connectivity index is 1.56. The van der Waals surface area contributed by atoms with Crippen molar-refractivity contribution in [3.63, 3.8) is 0 Å². The molecule has 7 nitrogen and oxygen atoms in total. The molecule has 1 heterocycles. The summed E-state index contributed by atoms with van der Waals surface area (Å²) in [5, 5.41) is 10.2. The molecule has 0 radical (unpaired) electrons. The van der Waals surface area contributed by atoms with Crippen LogP contribution >= 0.6 is 11.3 Å². The molecule has 2 atom stereocenters. The number of thiophene rings is 1. The molecule has 8 heteroatoms. The van der Waals surface area contributed by atoms with Crippen LogP contribution in [0.2, 0.25) is 0 Å². The number of amides is 3. The van der Waals surface area contributed by atoms with E-state index < -0.39 is 12.1 Å². The first-order chi connectivity index (χ1) is 16.0. The van der Waals surface area contributed by atoms with E-state index in [1.807, 2.05) is 55.6 Å². The molecule has 0 bridgehead atoms. The van der Waals surface area contributed by atoms with Crippen LogP contribution in [0.4, 0.5) is 16.2 Å². The Kier molecular flexibility index (Phi) is 8.60. The topological polar surface area (TPSA) is 96.5 Å². The van der Waals surface area contributed by atoms with Crippen molar-refractivity contribution >= 4 is 40.6 Å². The van der Waals surface area contributed by atoms with Crippen LogP contribution in [0.5, 0.6) is 0 Å². The molecule has 1 aromatic heterocycles. The zero-order valence-electron chi connectivity index (χ0n) is 18.5. The molecular weight excluding hydrogens is 438 g/mol. The number of ether oxygens (including phenoxy) is 1. The number of carbonyl (C=O) groups excluding carboxylic acids is 3. The maximum Gasteiger partial charge on any atom is 0.408 e. The Morgan fingerprint density at radius 3 is 2.18 bits per heavy atom. The average Bonchev–Trinajstić information content (AvgIpc) is 3.38. The molecule has 0 fully saturated rings. The number of anilines is 2. The average molecular weight is 466 g/mol. The highest BCUT2D eigenvalue weighted by Gasteiger charge is 2.26. The first kappa shape index (κ1) is 24.0. The fourth-order valence-corrected chi connectivity index (χ4v) is 3.67. The van der Waals surface area contributed by atoms with Crippen LogP contribution in [-0.4, -0.2) is 23.9 Å². The Morgan fingerprint density at radius 2 is 1.58 bits per heavy atom. The normalized spacial score (nSPS) is 12.3. The Morgan fingerprint density at radius 1 is 0.909 bits per heavy atom. The molecule has 33 heavy (non-hydrogen) atoms. The van der Waals surface area contributed by atoms with Crippen LogP contribution in [-0.2, 0) is 16.1 Å². The predicted octanol–water partition coefficient (Wildman–Crippen LogP) is 5.28. The number of alkyl carbamates (subject to hydrolysis) is 1. The van der Waals surface area contributed by atoms with E-state index in [2.05, 4.69) is 16.0 Å². The van der Waals surface area contributed by atoms with Gasteiger partial charge in [0.15, 0.2) is 0 Å².